The Kier molecular flexibility index (Phi) is 3.89. The number of para-hydroxylation sites is 1. The number of benzene rings is 1. The summed E-state index contributed by atoms with van der Waals surface area (Å²) in [7, 11) is 0. The molecule has 2 aromatic rings. The maximum Gasteiger partial charge on any atom is 0.140 e. The van der Waals surface area contributed by atoms with Crippen molar-refractivity contribution >= 4 is 51.3 Å². The van der Waals surface area contributed by atoms with E-state index in [2.05, 4.69) is 40.0 Å². The van der Waals surface area contributed by atoms with Gasteiger partial charge in [0.1, 0.15) is 10.8 Å². The van der Waals surface area contributed by atoms with Gasteiger partial charge >= 0.3 is 0 Å². The average molecular weight is 395 g/mol. The van der Waals surface area contributed by atoms with E-state index in [1.54, 1.807) is 0 Å². The second kappa shape index (κ2) is 5.65. The Hall–Kier alpha value is -1.21. The number of halogens is 1. The van der Waals surface area contributed by atoms with Gasteiger partial charge in [0.05, 0.1) is 11.3 Å². The zero-order chi connectivity index (χ0) is 14.1. The van der Waals surface area contributed by atoms with Crippen molar-refractivity contribution in [3.8, 4) is 0 Å². The van der Waals surface area contributed by atoms with E-state index in [0.29, 0.717) is 4.99 Å². The molecule has 0 saturated carbocycles. The van der Waals surface area contributed by atoms with Gasteiger partial charge in [-0.3, -0.25) is 0 Å². The van der Waals surface area contributed by atoms with E-state index >= 15 is 0 Å². The van der Waals surface area contributed by atoms with E-state index < -0.39 is 0 Å². The van der Waals surface area contributed by atoms with Crippen LogP contribution in [0.15, 0.2) is 30.3 Å². The van der Waals surface area contributed by atoms with Crippen molar-refractivity contribution in [2.75, 3.05) is 5.32 Å². The van der Waals surface area contributed by atoms with Gasteiger partial charge in [0.2, 0.25) is 0 Å². The number of hydrogen-bond acceptors (Lipinski definition) is 3. The monoisotopic (exact) mass is 395 g/mol. The first-order valence-corrected chi connectivity index (χ1v) is 7.98. The molecule has 1 heterocycles. The van der Waals surface area contributed by atoms with E-state index in [-0.39, 0.29) is 0 Å². The summed E-state index contributed by atoms with van der Waals surface area (Å²) in [6.07, 6.45) is 3.26. The van der Waals surface area contributed by atoms with Crippen LogP contribution in [0.3, 0.4) is 0 Å². The SMILES string of the molecule is NC(=S)c1cc2c(nc1Nc1ccccc1I)CCC2. The van der Waals surface area contributed by atoms with Gasteiger partial charge in [-0.15, -0.1) is 0 Å². The molecular weight excluding hydrogens is 381 g/mol. The number of pyridine rings is 1. The second-order valence-corrected chi connectivity index (χ2v) is 6.42. The van der Waals surface area contributed by atoms with Crippen molar-refractivity contribution in [3.05, 3.63) is 50.7 Å². The van der Waals surface area contributed by atoms with Gasteiger partial charge in [0, 0.05) is 9.26 Å². The van der Waals surface area contributed by atoms with Crippen LogP contribution >= 0.6 is 34.8 Å². The molecule has 0 unspecified atom stereocenters. The van der Waals surface area contributed by atoms with E-state index in [4.69, 9.17) is 22.9 Å². The van der Waals surface area contributed by atoms with Crippen LogP contribution in [-0.2, 0) is 12.8 Å². The summed E-state index contributed by atoms with van der Waals surface area (Å²) in [4.78, 5) is 5.12. The first kappa shape index (κ1) is 13.8. The van der Waals surface area contributed by atoms with Crippen molar-refractivity contribution in [3.63, 3.8) is 0 Å². The zero-order valence-corrected chi connectivity index (χ0v) is 13.8. The summed E-state index contributed by atoms with van der Waals surface area (Å²) < 4.78 is 1.14. The molecule has 1 aromatic carbocycles. The molecule has 0 amide bonds. The van der Waals surface area contributed by atoms with E-state index in [9.17, 15) is 0 Å². The molecule has 0 bridgehead atoms. The molecule has 20 heavy (non-hydrogen) atoms. The van der Waals surface area contributed by atoms with Crippen LogP contribution in [0, 0.1) is 3.57 Å². The average Bonchev–Trinajstić information content (AvgIpc) is 2.87. The molecule has 1 aromatic heterocycles. The second-order valence-electron chi connectivity index (χ2n) is 4.81. The van der Waals surface area contributed by atoms with Crippen LogP contribution in [0.4, 0.5) is 11.5 Å². The Balaban J connectivity index is 2.04. The highest BCUT2D eigenvalue weighted by molar-refractivity contribution is 14.1. The Morgan fingerprint density at radius 3 is 2.85 bits per heavy atom. The molecule has 0 atom stereocenters. The smallest absolute Gasteiger partial charge is 0.140 e. The molecule has 0 radical (unpaired) electrons. The lowest BCUT2D eigenvalue weighted by Crippen LogP contribution is -2.14. The molecule has 3 nitrogen and oxygen atoms in total. The zero-order valence-electron chi connectivity index (χ0n) is 10.8. The summed E-state index contributed by atoms with van der Waals surface area (Å²) in [5.41, 5.74) is 10.2. The third kappa shape index (κ3) is 2.64. The van der Waals surface area contributed by atoms with Crippen LogP contribution in [0.1, 0.15) is 23.2 Å². The van der Waals surface area contributed by atoms with E-state index in [1.807, 2.05) is 18.2 Å². The first-order chi connectivity index (χ1) is 9.65. The van der Waals surface area contributed by atoms with Gasteiger partial charge in [0.25, 0.3) is 0 Å². The van der Waals surface area contributed by atoms with Gasteiger partial charge in [-0.2, -0.15) is 0 Å². The normalized spacial score (nSPS) is 13.1. The largest absolute Gasteiger partial charge is 0.389 e. The number of nitrogens with two attached hydrogens (primary N) is 1. The minimum absolute atomic E-state index is 0.389. The predicted molar refractivity (Wildman–Crippen MR) is 94.6 cm³/mol. The Labute approximate surface area is 137 Å². The highest BCUT2D eigenvalue weighted by Gasteiger charge is 2.18. The number of hydrogen-bond donors (Lipinski definition) is 2. The topological polar surface area (TPSA) is 50.9 Å². The molecular formula is C15H14IN3S. The number of fused-ring (bicyclic) bond motifs is 1. The van der Waals surface area contributed by atoms with Gasteiger partial charge in [0.15, 0.2) is 0 Å². The molecule has 0 spiro atoms. The summed E-state index contributed by atoms with van der Waals surface area (Å²) in [6.45, 7) is 0. The minimum Gasteiger partial charge on any atom is -0.389 e. The third-order valence-corrected chi connectivity index (χ3v) is 4.60. The molecule has 1 aliphatic carbocycles. The number of aromatic nitrogens is 1. The van der Waals surface area contributed by atoms with E-state index in [0.717, 1.165) is 39.9 Å². The molecule has 0 fully saturated rings. The van der Waals surface area contributed by atoms with Crippen molar-refractivity contribution < 1.29 is 0 Å². The van der Waals surface area contributed by atoms with Gasteiger partial charge < -0.3 is 11.1 Å². The maximum absolute atomic E-state index is 5.85. The van der Waals surface area contributed by atoms with Crippen LogP contribution in [-0.4, -0.2) is 9.97 Å². The molecule has 3 N–H and O–H groups in total. The molecule has 102 valence electrons. The predicted octanol–water partition coefficient (Wildman–Crippen LogP) is 3.55. The highest BCUT2D eigenvalue weighted by atomic mass is 127. The Morgan fingerprint density at radius 1 is 1.30 bits per heavy atom. The van der Waals surface area contributed by atoms with Gasteiger partial charge in [-0.05, 0) is 65.6 Å². The van der Waals surface area contributed by atoms with Crippen molar-refractivity contribution in [1.29, 1.82) is 0 Å². The fraction of sp³-hybridized carbons (Fsp3) is 0.200. The molecule has 1 aliphatic rings. The summed E-state index contributed by atoms with van der Waals surface area (Å²) in [5, 5.41) is 3.37. The fourth-order valence-corrected chi connectivity index (χ4v) is 3.12. The number of thiocarbonyl (C=S) groups is 1. The lowest BCUT2D eigenvalue weighted by Gasteiger charge is -2.13. The van der Waals surface area contributed by atoms with Crippen molar-refractivity contribution in [1.82, 2.24) is 4.98 Å². The van der Waals surface area contributed by atoms with Crippen LogP contribution in [0.2, 0.25) is 0 Å². The standard InChI is InChI=1S/C15H14IN3S/c16-11-5-1-2-6-13(11)19-15-10(14(17)20)8-9-4-3-7-12(9)18-15/h1-2,5-6,8H,3-4,7H2,(H2,17,20)(H,18,19). The Bertz CT molecular complexity index is 685. The molecule has 0 aliphatic heterocycles. The van der Waals surface area contributed by atoms with Crippen LogP contribution in [0.25, 0.3) is 0 Å². The van der Waals surface area contributed by atoms with E-state index in [1.165, 1.54) is 11.3 Å². The lowest BCUT2D eigenvalue weighted by atomic mass is 10.1. The molecule has 0 saturated heterocycles. The summed E-state index contributed by atoms with van der Waals surface area (Å²) in [6, 6.07) is 10.2. The number of anilines is 2. The minimum atomic E-state index is 0.389. The number of aryl methyl sites for hydroxylation is 2. The third-order valence-electron chi connectivity index (χ3n) is 3.44. The van der Waals surface area contributed by atoms with Crippen LogP contribution < -0.4 is 11.1 Å². The fourth-order valence-electron chi connectivity index (χ4n) is 2.45. The molecule has 5 heteroatoms. The first-order valence-electron chi connectivity index (χ1n) is 6.49. The molecule has 3 rings (SSSR count). The Morgan fingerprint density at radius 2 is 2.10 bits per heavy atom. The van der Waals surface area contributed by atoms with Crippen molar-refractivity contribution in [2.24, 2.45) is 5.73 Å². The maximum atomic E-state index is 5.85. The highest BCUT2D eigenvalue weighted by Crippen LogP contribution is 2.28. The quantitative estimate of drug-likeness (QED) is 0.617. The van der Waals surface area contributed by atoms with Crippen LogP contribution in [0.5, 0.6) is 0 Å². The summed E-state index contributed by atoms with van der Waals surface area (Å²) >= 11 is 7.46. The lowest BCUT2D eigenvalue weighted by molar-refractivity contribution is 0.900. The number of rotatable bonds is 3. The van der Waals surface area contributed by atoms with Gasteiger partial charge in [-0.1, -0.05) is 24.4 Å². The van der Waals surface area contributed by atoms with Crippen molar-refractivity contribution in [2.45, 2.75) is 19.3 Å². The van der Waals surface area contributed by atoms with Gasteiger partial charge in [-0.25, -0.2) is 4.98 Å². The number of nitrogens with zero attached hydrogens (tertiary/aromatic N) is 1. The number of nitrogens with one attached hydrogen (secondary N) is 1. The summed E-state index contributed by atoms with van der Waals surface area (Å²) in [5.74, 6) is 0.766.